The molecule has 1 saturated heterocycles. The van der Waals surface area contributed by atoms with Crippen LogP contribution in [-0.4, -0.2) is 52.9 Å². The second-order valence-corrected chi connectivity index (χ2v) is 6.90. The molecule has 1 N–H and O–H groups in total. The number of aryl methyl sites for hydroxylation is 1. The number of amides is 2. The highest BCUT2D eigenvalue weighted by atomic mass is 16.3. The lowest BCUT2D eigenvalue weighted by atomic mass is 10.1. The Morgan fingerprint density at radius 1 is 1.00 bits per heavy atom. The van der Waals surface area contributed by atoms with Crippen LogP contribution in [0.5, 0.6) is 5.75 Å². The number of benzene rings is 1. The second kappa shape index (κ2) is 7.23. The maximum Gasteiger partial charge on any atom is 0.257 e. The Balaban J connectivity index is 1.64. The summed E-state index contributed by atoms with van der Waals surface area (Å²) >= 11 is 0. The predicted molar refractivity (Wildman–Crippen MR) is 97.4 cm³/mol. The lowest BCUT2D eigenvalue weighted by Gasteiger charge is -2.34. The average molecular weight is 356 g/mol. The lowest BCUT2D eigenvalue weighted by molar-refractivity contribution is 0.0534. The fraction of sp³-hybridized carbons (Fsp3) is 0.400. The molecule has 1 aliphatic rings. The zero-order valence-electron chi connectivity index (χ0n) is 15.4. The monoisotopic (exact) mass is 356 g/mol. The minimum Gasteiger partial charge on any atom is -0.508 e. The van der Waals surface area contributed by atoms with Gasteiger partial charge in [0.05, 0.1) is 5.56 Å². The van der Waals surface area contributed by atoms with Gasteiger partial charge in [0.15, 0.2) is 0 Å². The zero-order valence-corrected chi connectivity index (χ0v) is 15.4. The maximum atomic E-state index is 12.8. The van der Waals surface area contributed by atoms with E-state index in [1.54, 1.807) is 21.9 Å². The summed E-state index contributed by atoms with van der Waals surface area (Å²) in [6, 6.07) is 8.05. The third-order valence-electron chi connectivity index (χ3n) is 4.70. The van der Waals surface area contributed by atoms with Crippen LogP contribution in [0.3, 0.4) is 0 Å². The van der Waals surface area contributed by atoms with Crippen LogP contribution in [0.25, 0.3) is 0 Å². The van der Waals surface area contributed by atoms with Gasteiger partial charge < -0.3 is 19.3 Å². The number of hydrogen-bond donors (Lipinski definition) is 1. The van der Waals surface area contributed by atoms with E-state index in [1.807, 2.05) is 26.8 Å². The molecule has 26 heavy (non-hydrogen) atoms. The van der Waals surface area contributed by atoms with Crippen molar-refractivity contribution in [1.82, 2.24) is 9.80 Å². The molecule has 3 rings (SSSR count). The minimum absolute atomic E-state index is 0.0464. The smallest absolute Gasteiger partial charge is 0.257 e. The van der Waals surface area contributed by atoms with Crippen molar-refractivity contribution in [3.8, 4) is 5.75 Å². The van der Waals surface area contributed by atoms with Crippen LogP contribution in [0.15, 0.2) is 34.7 Å². The van der Waals surface area contributed by atoms with E-state index in [0.29, 0.717) is 43.1 Å². The fourth-order valence-electron chi connectivity index (χ4n) is 3.07. The van der Waals surface area contributed by atoms with E-state index >= 15 is 0 Å². The van der Waals surface area contributed by atoms with Crippen molar-refractivity contribution in [2.24, 2.45) is 0 Å². The summed E-state index contributed by atoms with van der Waals surface area (Å²) in [4.78, 5) is 28.8. The van der Waals surface area contributed by atoms with Crippen molar-refractivity contribution in [3.63, 3.8) is 0 Å². The summed E-state index contributed by atoms with van der Waals surface area (Å²) in [6.07, 6.45) is 0. The largest absolute Gasteiger partial charge is 0.508 e. The number of furan rings is 1. The molecule has 138 valence electrons. The van der Waals surface area contributed by atoms with Gasteiger partial charge in [-0.25, -0.2) is 0 Å². The number of aromatic hydroxyl groups is 1. The number of carbonyl (C=O) groups excluding carboxylic acids is 2. The van der Waals surface area contributed by atoms with Crippen LogP contribution in [0.2, 0.25) is 0 Å². The van der Waals surface area contributed by atoms with Crippen LogP contribution in [0, 0.1) is 6.92 Å². The Morgan fingerprint density at radius 2 is 1.54 bits per heavy atom. The molecule has 2 aromatic rings. The Kier molecular flexibility index (Phi) is 5.02. The van der Waals surface area contributed by atoms with Gasteiger partial charge in [-0.15, -0.1) is 0 Å². The summed E-state index contributed by atoms with van der Waals surface area (Å²) in [5, 5.41) is 9.33. The highest BCUT2D eigenvalue weighted by Gasteiger charge is 2.27. The standard InChI is InChI=1S/C20H24N2O4/c1-13(2)18-12-17(14(3)26-18)20(25)22-10-8-21(9-11-22)19(24)15-4-6-16(23)7-5-15/h4-7,12-13,23H,8-11H2,1-3H3. The van der Waals surface area contributed by atoms with Gasteiger partial charge in [0.2, 0.25) is 0 Å². The molecule has 1 aromatic carbocycles. The first kappa shape index (κ1) is 18.0. The quantitative estimate of drug-likeness (QED) is 0.917. The van der Waals surface area contributed by atoms with Crippen molar-refractivity contribution >= 4 is 11.8 Å². The number of phenols is 1. The molecule has 6 heteroatoms. The van der Waals surface area contributed by atoms with E-state index in [4.69, 9.17) is 4.42 Å². The summed E-state index contributed by atoms with van der Waals surface area (Å²) < 4.78 is 5.68. The lowest BCUT2D eigenvalue weighted by Crippen LogP contribution is -2.50. The third kappa shape index (κ3) is 3.59. The summed E-state index contributed by atoms with van der Waals surface area (Å²) in [7, 11) is 0. The highest BCUT2D eigenvalue weighted by Crippen LogP contribution is 2.23. The predicted octanol–water partition coefficient (Wildman–Crippen LogP) is 3.02. The fourth-order valence-corrected chi connectivity index (χ4v) is 3.07. The molecule has 1 fully saturated rings. The Labute approximate surface area is 153 Å². The molecule has 0 aliphatic carbocycles. The molecular weight excluding hydrogens is 332 g/mol. The van der Waals surface area contributed by atoms with Crippen molar-refractivity contribution in [2.75, 3.05) is 26.2 Å². The normalized spacial score (nSPS) is 14.8. The van der Waals surface area contributed by atoms with Gasteiger partial charge in [-0.1, -0.05) is 13.8 Å². The first-order valence-corrected chi connectivity index (χ1v) is 8.84. The molecule has 0 unspecified atom stereocenters. The van der Waals surface area contributed by atoms with Crippen molar-refractivity contribution in [3.05, 3.63) is 53.0 Å². The number of hydrogen-bond acceptors (Lipinski definition) is 4. The first-order chi connectivity index (χ1) is 12.4. The van der Waals surface area contributed by atoms with Gasteiger partial charge in [0.25, 0.3) is 11.8 Å². The van der Waals surface area contributed by atoms with Gasteiger partial charge in [0, 0.05) is 37.7 Å². The molecule has 2 amide bonds. The number of nitrogens with zero attached hydrogens (tertiary/aromatic N) is 2. The van der Waals surface area contributed by atoms with E-state index in [-0.39, 0.29) is 23.5 Å². The molecule has 2 heterocycles. The number of carbonyl (C=O) groups is 2. The molecule has 6 nitrogen and oxygen atoms in total. The van der Waals surface area contributed by atoms with Crippen molar-refractivity contribution in [1.29, 1.82) is 0 Å². The van der Waals surface area contributed by atoms with Crippen LogP contribution in [0.4, 0.5) is 0 Å². The second-order valence-electron chi connectivity index (χ2n) is 6.90. The topological polar surface area (TPSA) is 74.0 Å². The van der Waals surface area contributed by atoms with Crippen LogP contribution < -0.4 is 0 Å². The Hall–Kier alpha value is -2.76. The Morgan fingerprint density at radius 3 is 2.04 bits per heavy atom. The molecule has 0 radical (unpaired) electrons. The minimum atomic E-state index is -0.0846. The number of phenolic OH excluding ortho intramolecular Hbond substituents is 1. The Bertz CT molecular complexity index is 800. The molecule has 0 atom stereocenters. The van der Waals surface area contributed by atoms with E-state index in [0.717, 1.165) is 5.76 Å². The van der Waals surface area contributed by atoms with Gasteiger partial charge in [0.1, 0.15) is 17.3 Å². The SMILES string of the molecule is Cc1oc(C(C)C)cc1C(=O)N1CCN(C(=O)c2ccc(O)cc2)CC1. The third-order valence-corrected chi connectivity index (χ3v) is 4.70. The molecule has 1 aromatic heterocycles. The first-order valence-electron chi connectivity index (χ1n) is 8.84. The molecular formula is C20H24N2O4. The van der Waals surface area contributed by atoms with Gasteiger partial charge in [-0.2, -0.15) is 0 Å². The van der Waals surface area contributed by atoms with Gasteiger partial charge in [-0.3, -0.25) is 9.59 Å². The van der Waals surface area contributed by atoms with Crippen molar-refractivity contribution < 1.29 is 19.1 Å². The van der Waals surface area contributed by atoms with Crippen LogP contribution in [-0.2, 0) is 0 Å². The number of rotatable bonds is 3. The van der Waals surface area contributed by atoms with Gasteiger partial charge in [-0.05, 0) is 37.3 Å². The average Bonchev–Trinajstić information content (AvgIpc) is 3.03. The van der Waals surface area contributed by atoms with E-state index in [2.05, 4.69) is 0 Å². The molecule has 0 bridgehead atoms. The van der Waals surface area contributed by atoms with Crippen LogP contribution >= 0.6 is 0 Å². The highest BCUT2D eigenvalue weighted by molar-refractivity contribution is 5.96. The summed E-state index contributed by atoms with van der Waals surface area (Å²) in [5.41, 5.74) is 1.14. The van der Waals surface area contributed by atoms with E-state index in [1.165, 1.54) is 12.1 Å². The maximum absolute atomic E-state index is 12.8. The van der Waals surface area contributed by atoms with E-state index < -0.39 is 0 Å². The van der Waals surface area contributed by atoms with Crippen LogP contribution in [0.1, 0.15) is 52.0 Å². The van der Waals surface area contributed by atoms with Crippen molar-refractivity contribution in [2.45, 2.75) is 26.7 Å². The number of piperazine rings is 1. The van der Waals surface area contributed by atoms with Gasteiger partial charge >= 0.3 is 0 Å². The van der Waals surface area contributed by atoms with E-state index in [9.17, 15) is 14.7 Å². The summed E-state index contributed by atoms with van der Waals surface area (Å²) in [5.74, 6) is 1.69. The summed E-state index contributed by atoms with van der Waals surface area (Å²) in [6.45, 7) is 7.82. The molecule has 0 saturated carbocycles. The molecule has 1 aliphatic heterocycles. The zero-order chi connectivity index (χ0) is 18.8. The molecule has 0 spiro atoms.